The highest BCUT2D eigenvalue weighted by Crippen LogP contribution is 2.33. The van der Waals surface area contributed by atoms with Gasteiger partial charge in [-0.1, -0.05) is 37.3 Å². The number of hydrogen-bond acceptors (Lipinski definition) is 3. The average molecular weight is 358 g/mol. The van der Waals surface area contributed by atoms with Crippen molar-refractivity contribution in [3.63, 3.8) is 0 Å². The first-order chi connectivity index (χ1) is 12.7. The van der Waals surface area contributed by atoms with Gasteiger partial charge in [0.25, 0.3) is 0 Å². The second-order valence-corrected chi connectivity index (χ2v) is 7.03. The Morgan fingerprint density at radius 2 is 2.12 bits per heavy atom. The van der Waals surface area contributed by atoms with E-state index in [1.165, 1.54) is 5.56 Å². The lowest BCUT2D eigenvalue weighted by molar-refractivity contribution is -0.129. The highest BCUT2D eigenvalue weighted by atomic mass is 16.5. The number of carbonyl (C=O) groups excluding carboxylic acids is 1. The van der Waals surface area contributed by atoms with E-state index in [-0.39, 0.29) is 18.1 Å². The third-order valence-electron chi connectivity index (χ3n) is 5.28. The highest BCUT2D eigenvalue weighted by Gasteiger charge is 2.30. The molecule has 1 aromatic rings. The molecule has 2 aliphatic rings. The van der Waals surface area contributed by atoms with Crippen LogP contribution in [0.3, 0.4) is 0 Å². The van der Waals surface area contributed by atoms with Crippen molar-refractivity contribution in [1.29, 1.82) is 0 Å². The van der Waals surface area contributed by atoms with E-state index in [4.69, 9.17) is 4.74 Å². The van der Waals surface area contributed by atoms with Gasteiger partial charge in [0.2, 0.25) is 5.91 Å². The SMILES string of the molecule is CCC(=O)N1CCC(NC(=NC)NCC2CCOC2c2ccccc2)C1. The van der Waals surface area contributed by atoms with E-state index in [0.717, 1.165) is 45.0 Å². The van der Waals surface area contributed by atoms with Crippen LogP contribution < -0.4 is 10.6 Å². The lowest BCUT2D eigenvalue weighted by Crippen LogP contribution is -2.46. The first kappa shape index (κ1) is 18.7. The summed E-state index contributed by atoms with van der Waals surface area (Å²) in [7, 11) is 1.79. The largest absolute Gasteiger partial charge is 0.373 e. The van der Waals surface area contributed by atoms with Gasteiger partial charge in [-0.2, -0.15) is 0 Å². The summed E-state index contributed by atoms with van der Waals surface area (Å²) in [4.78, 5) is 18.1. The summed E-state index contributed by atoms with van der Waals surface area (Å²) in [6.45, 7) is 5.12. The zero-order chi connectivity index (χ0) is 18.4. The molecule has 1 amide bonds. The standard InChI is InChI=1S/C20H30N4O2/c1-3-18(25)24-11-9-17(14-24)23-20(21-2)22-13-16-10-12-26-19(16)15-7-5-4-6-8-15/h4-8,16-17,19H,3,9-14H2,1-2H3,(H2,21,22,23). The van der Waals surface area contributed by atoms with Crippen LogP contribution in [0, 0.1) is 5.92 Å². The molecule has 3 unspecified atom stereocenters. The Kier molecular flexibility index (Phi) is 6.50. The third kappa shape index (κ3) is 4.55. The molecule has 1 aromatic carbocycles. The Morgan fingerprint density at radius 1 is 1.31 bits per heavy atom. The quantitative estimate of drug-likeness (QED) is 0.624. The first-order valence-corrected chi connectivity index (χ1v) is 9.62. The van der Waals surface area contributed by atoms with Crippen LogP contribution in [0.4, 0.5) is 0 Å². The van der Waals surface area contributed by atoms with Gasteiger partial charge in [-0.05, 0) is 18.4 Å². The Labute approximate surface area is 156 Å². The maximum absolute atomic E-state index is 11.8. The fourth-order valence-electron chi connectivity index (χ4n) is 3.80. The number of amides is 1. The molecule has 6 heteroatoms. The molecular weight excluding hydrogens is 328 g/mol. The van der Waals surface area contributed by atoms with Crippen molar-refractivity contribution in [3.8, 4) is 0 Å². The number of aliphatic imine (C=N–C) groups is 1. The van der Waals surface area contributed by atoms with Gasteiger partial charge in [0.05, 0.1) is 6.10 Å². The molecule has 2 saturated heterocycles. The minimum Gasteiger partial charge on any atom is -0.373 e. The van der Waals surface area contributed by atoms with Crippen LogP contribution in [0.1, 0.15) is 37.9 Å². The van der Waals surface area contributed by atoms with Crippen LogP contribution in [0.2, 0.25) is 0 Å². The van der Waals surface area contributed by atoms with Crippen molar-refractivity contribution in [3.05, 3.63) is 35.9 Å². The van der Waals surface area contributed by atoms with Crippen molar-refractivity contribution < 1.29 is 9.53 Å². The molecule has 3 rings (SSSR count). The zero-order valence-corrected chi connectivity index (χ0v) is 15.8. The molecule has 0 bridgehead atoms. The highest BCUT2D eigenvalue weighted by molar-refractivity contribution is 5.80. The molecule has 0 radical (unpaired) electrons. The molecule has 2 N–H and O–H groups in total. The molecule has 26 heavy (non-hydrogen) atoms. The Bertz CT molecular complexity index is 619. The van der Waals surface area contributed by atoms with Crippen molar-refractivity contribution in [2.24, 2.45) is 10.9 Å². The monoisotopic (exact) mass is 358 g/mol. The molecule has 142 valence electrons. The number of guanidine groups is 1. The van der Waals surface area contributed by atoms with Crippen molar-refractivity contribution in [2.75, 3.05) is 33.3 Å². The van der Waals surface area contributed by atoms with E-state index in [2.05, 4.69) is 39.9 Å². The number of likely N-dealkylation sites (tertiary alicyclic amines) is 1. The molecule has 3 atom stereocenters. The summed E-state index contributed by atoms with van der Waals surface area (Å²) in [6, 6.07) is 10.7. The molecule has 0 spiro atoms. The van der Waals surface area contributed by atoms with Crippen LogP contribution in [0.15, 0.2) is 35.3 Å². The van der Waals surface area contributed by atoms with Gasteiger partial charge in [-0.3, -0.25) is 9.79 Å². The van der Waals surface area contributed by atoms with E-state index in [1.54, 1.807) is 7.05 Å². The summed E-state index contributed by atoms with van der Waals surface area (Å²) in [6.07, 6.45) is 2.73. The third-order valence-corrected chi connectivity index (χ3v) is 5.28. The van der Waals surface area contributed by atoms with Crippen LogP contribution in [-0.2, 0) is 9.53 Å². The Morgan fingerprint density at radius 3 is 2.85 bits per heavy atom. The van der Waals surface area contributed by atoms with Gasteiger partial charge in [-0.15, -0.1) is 0 Å². The molecule has 2 fully saturated rings. The predicted molar refractivity (Wildman–Crippen MR) is 103 cm³/mol. The molecular formula is C20H30N4O2. The number of carbonyl (C=O) groups is 1. The van der Waals surface area contributed by atoms with Gasteiger partial charge < -0.3 is 20.3 Å². The summed E-state index contributed by atoms with van der Waals surface area (Å²) >= 11 is 0. The van der Waals surface area contributed by atoms with E-state index in [0.29, 0.717) is 12.3 Å². The Balaban J connectivity index is 1.49. The van der Waals surface area contributed by atoms with Gasteiger partial charge in [0.15, 0.2) is 5.96 Å². The molecule has 0 aliphatic carbocycles. The number of nitrogens with zero attached hydrogens (tertiary/aromatic N) is 2. The minimum absolute atomic E-state index is 0.144. The molecule has 0 saturated carbocycles. The van der Waals surface area contributed by atoms with Crippen LogP contribution >= 0.6 is 0 Å². The summed E-state index contributed by atoms with van der Waals surface area (Å²) in [5.74, 6) is 1.46. The fourth-order valence-corrected chi connectivity index (χ4v) is 3.80. The minimum atomic E-state index is 0.144. The van der Waals surface area contributed by atoms with E-state index < -0.39 is 0 Å². The van der Waals surface area contributed by atoms with Crippen LogP contribution in [-0.4, -0.2) is 56.1 Å². The fraction of sp³-hybridized carbons (Fsp3) is 0.600. The molecule has 6 nitrogen and oxygen atoms in total. The Hall–Kier alpha value is -2.08. The second kappa shape index (κ2) is 9.03. The lowest BCUT2D eigenvalue weighted by atomic mass is 9.95. The summed E-state index contributed by atoms with van der Waals surface area (Å²) in [5.41, 5.74) is 1.24. The number of ether oxygens (including phenoxy) is 1. The smallest absolute Gasteiger partial charge is 0.222 e. The number of rotatable bonds is 5. The van der Waals surface area contributed by atoms with Gasteiger partial charge in [0, 0.05) is 51.7 Å². The zero-order valence-electron chi connectivity index (χ0n) is 15.8. The van der Waals surface area contributed by atoms with E-state index >= 15 is 0 Å². The predicted octanol–water partition coefficient (Wildman–Crippen LogP) is 1.94. The van der Waals surface area contributed by atoms with Gasteiger partial charge in [0.1, 0.15) is 0 Å². The van der Waals surface area contributed by atoms with Crippen LogP contribution in [0.5, 0.6) is 0 Å². The lowest BCUT2D eigenvalue weighted by Gasteiger charge is -2.22. The second-order valence-electron chi connectivity index (χ2n) is 7.03. The summed E-state index contributed by atoms with van der Waals surface area (Å²) < 4.78 is 5.96. The number of nitrogens with one attached hydrogen (secondary N) is 2. The summed E-state index contributed by atoms with van der Waals surface area (Å²) in [5, 5.41) is 6.91. The van der Waals surface area contributed by atoms with Gasteiger partial charge in [-0.25, -0.2) is 0 Å². The van der Waals surface area contributed by atoms with E-state index in [9.17, 15) is 4.79 Å². The van der Waals surface area contributed by atoms with Crippen LogP contribution in [0.25, 0.3) is 0 Å². The van der Waals surface area contributed by atoms with Crippen molar-refractivity contribution in [1.82, 2.24) is 15.5 Å². The first-order valence-electron chi connectivity index (χ1n) is 9.62. The maximum Gasteiger partial charge on any atom is 0.222 e. The normalized spacial score (nSPS) is 26.2. The molecule has 0 aromatic heterocycles. The molecule has 2 aliphatic heterocycles. The average Bonchev–Trinajstić information content (AvgIpc) is 3.34. The number of benzene rings is 1. The van der Waals surface area contributed by atoms with Crippen molar-refractivity contribution in [2.45, 2.75) is 38.3 Å². The van der Waals surface area contributed by atoms with Gasteiger partial charge >= 0.3 is 0 Å². The topological polar surface area (TPSA) is 66.0 Å². The van der Waals surface area contributed by atoms with E-state index in [1.807, 2.05) is 17.9 Å². The van der Waals surface area contributed by atoms with Crippen molar-refractivity contribution >= 4 is 11.9 Å². The molecule has 2 heterocycles. The maximum atomic E-state index is 11.8. The number of hydrogen-bond donors (Lipinski definition) is 2.